The summed E-state index contributed by atoms with van der Waals surface area (Å²) in [5, 5.41) is 11.6. The first-order chi connectivity index (χ1) is 14.6. The summed E-state index contributed by atoms with van der Waals surface area (Å²) in [6, 6.07) is 14.3. The Bertz CT molecular complexity index is 1090. The molecule has 154 valence electrons. The first-order valence-electron chi connectivity index (χ1n) is 9.77. The number of nitrogens with one attached hydrogen (secondary N) is 1. The zero-order chi connectivity index (χ0) is 20.9. The van der Waals surface area contributed by atoms with Crippen molar-refractivity contribution in [3.8, 4) is 22.7 Å². The van der Waals surface area contributed by atoms with Gasteiger partial charge in [0.05, 0.1) is 24.7 Å². The Morgan fingerprint density at radius 1 is 1.17 bits per heavy atom. The van der Waals surface area contributed by atoms with Gasteiger partial charge >= 0.3 is 0 Å². The summed E-state index contributed by atoms with van der Waals surface area (Å²) in [4.78, 5) is 2.23. The van der Waals surface area contributed by atoms with Crippen molar-refractivity contribution in [3.05, 3.63) is 84.1 Å². The van der Waals surface area contributed by atoms with Crippen LogP contribution in [0.4, 0.5) is 4.39 Å². The van der Waals surface area contributed by atoms with Gasteiger partial charge in [-0.25, -0.2) is 9.07 Å². The average Bonchev–Trinajstić information content (AvgIpc) is 3.42. The molecular formula is C23H24FN5O. The Labute approximate surface area is 174 Å². The molecule has 4 rings (SSSR count). The molecule has 2 aromatic heterocycles. The lowest BCUT2D eigenvalue weighted by Gasteiger charge is -2.16. The summed E-state index contributed by atoms with van der Waals surface area (Å²) in [7, 11) is 3.71. The monoisotopic (exact) mass is 405 g/mol. The number of hydrogen-bond donors (Lipinski definition) is 1. The molecule has 0 fully saturated rings. The number of halogens is 1. The average molecular weight is 405 g/mol. The summed E-state index contributed by atoms with van der Waals surface area (Å²) >= 11 is 0. The highest BCUT2D eigenvalue weighted by Crippen LogP contribution is 2.26. The van der Waals surface area contributed by atoms with Crippen LogP contribution >= 0.6 is 0 Å². The summed E-state index contributed by atoms with van der Waals surface area (Å²) in [5.74, 6) is 0.515. The number of nitrogens with zero attached hydrogens (tertiary/aromatic N) is 4. The van der Waals surface area contributed by atoms with Crippen LogP contribution in [0, 0.1) is 5.82 Å². The van der Waals surface area contributed by atoms with Gasteiger partial charge in [0.25, 0.3) is 0 Å². The van der Waals surface area contributed by atoms with Gasteiger partial charge in [-0.3, -0.25) is 5.10 Å². The fraction of sp³-hybridized carbons (Fsp3) is 0.217. The Morgan fingerprint density at radius 2 is 2.00 bits per heavy atom. The van der Waals surface area contributed by atoms with E-state index in [0.29, 0.717) is 6.54 Å². The van der Waals surface area contributed by atoms with Crippen LogP contribution in [0.25, 0.3) is 16.9 Å². The fourth-order valence-electron chi connectivity index (χ4n) is 3.38. The van der Waals surface area contributed by atoms with Gasteiger partial charge in [0.1, 0.15) is 11.6 Å². The van der Waals surface area contributed by atoms with E-state index in [9.17, 15) is 4.39 Å². The van der Waals surface area contributed by atoms with Gasteiger partial charge in [-0.2, -0.15) is 10.2 Å². The minimum atomic E-state index is -0.272. The third-order valence-corrected chi connectivity index (χ3v) is 5.00. The standard InChI is InChI=1S/C23H24FN5O/c1-28(11-10-17-13-25-26-14-17)15-19-16-29(21-6-8-22(30-2)9-7-21)27-23(19)18-4-3-5-20(24)12-18/h3-9,12-14,16H,10-11,15H2,1-2H3,(H,25,26). The van der Waals surface area contributed by atoms with Gasteiger partial charge in [-0.1, -0.05) is 12.1 Å². The Morgan fingerprint density at radius 3 is 2.70 bits per heavy atom. The molecule has 6 nitrogen and oxygen atoms in total. The topological polar surface area (TPSA) is 59.0 Å². The minimum Gasteiger partial charge on any atom is -0.497 e. The van der Waals surface area contributed by atoms with Crippen molar-refractivity contribution < 1.29 is 9.13 Å². The van der Waals surface area contributed by atoms with E-state index in [1.807, 2.05) is 53.6 Å². The maximum Gasteiger partial charge on any atom is 0.123 e. The van der Waals surface area contributed by atoms with Gasteiger partial charge in [-0.05, 0) is 55.4 Å². The van der Waals surface area contributed by atoms with Crippen LogP contribution < -0.4 is 4.74 Å². The molecule has 0 saturated heterocycles. The van der Waals surface area contributed by atoms with E-state index >= 15 is 0 Å². The number of methoxy groups -OCH3 is 1. The first kappa shape index (κ1) is 19.8. The summed E-state index contributed by atoms with van der Waals surface area (Å²) in [6.07, 6.45) is 6.66. The van der Waals surface area contributed by atoms with E-state index in [1.54, 1.807) is 13.2 Å². The number of H-pyrrole nitrogens is 1. The summed E-state index contributed by atoms with van der Waals surface area (Å²) < 4.78 is 20.9. The Balaban J connectivity index is 1.61. The fourth-order valence-corrected chi connectivity index (χ4v) is 3.38. The van der Waals surface area contributed by atoms with Crippen LogP contribution in [0.1, 0.15) is 11.1 Å². The lowest BCUT2D eigenvalue weighted by atomic mass is 10.1. The lowest BCUT2D eigenvalue weighted by molar-refractivity contribution is 0.331. The molecule has 0 aliphatic heterocycles. The predicted molar refractivity (Wildman–Crippen MR) is 114 cm³/mol. The van der Waals surface area contributed by atoms with Crippen LogP contribution in [0.2, 0.25) is 0 Å². The number of aromatic nitrogens is 4. The summed E-state index contributed by atoms with van der Waals surface area (Å²) in [5.41, 5.74) is 4.66. The van der Waals surface area contributed by atoms with E-state index < -0.39 is 0 Å². The highest BCUT2D eigenvalue weighted by atomic mass is 19.1. The van der Waals surface area contributed by atoms with Gasteiger partial charge in [0.15, 0.2) is 0 Å². The molecule has 2 aromatic carbocycles. The molecular weight excluding hydrogens is 381 g/mol. The largest absolute Gasteiger partial charge is 0.497 e. The van der Waals surface area contributed by atoms with E-state index in [-0.39, 0.29) is 5.82 Å². The highest BCUT2D eigenvalue weighted by molar-refractivity contribution is 5.63. The number of ether oxygens (including phenoxy) is 1. The zero-order valence-corrected chi connectivity index (χ0v) is 17.0. The molecule has 2 heterocycles. The van der Waals surface area contributed by atoms with Crippen LogP contribution in [-0.2, 0) is 13.0 Å². The van der Waals surface area contributed by atoms with Gasteiger partial charge < -0.3 is 9.64 Å². The van der Waals surface area contributed by atoms with Crippen molar-refractivity contribution in [3.63, 3.8) is 0 Å². The third-order valence-electron chi connectivity index (χ3n) is 5.00. The quantitative estimate of drug-likeness (QED) is 0.480. The van der Waals surface area contributed by atoms with Crippen LogP contribution in [0.5, 0.6) is 5.75 Å². The van der Waals surface area contributed by atoms with Crippen molar-refractivity contribution in [2.75, 3.05) is 20.7 Å². The molecule has 30 heavy (non-hydrogen) atoms. The van der Waals surface area contributed by atoms with E-state index in [1.165, 1.54) is 17.7 Å². The second-order valence-corrected chi connectivity index (χ2v) is 7.25. The van der Waals surface area contributed by atoms with Crippen LogP contribution in [0.3, 0.4) is 0 Å². The Kier molecular flexibility index (Phi) is 5.90. The van der Waals surface area contributed by atoms with E-state index in [0.717, 1.165) is 41.2 Å². The molecule has 1 N–H and O–H groups in total. The molecule has 7 heteroatoms. The molecule has 0 bridgehead atoms. The van der Waals surface area contributed by atoms with Crippen molar-refractivity contribution in [1.82, 2.24) is 24.9 Å². The number of rotatable bonds is 8. The molecule has 0 radical (unpaired) electrons. The second-order valence-electron chi connectivity index (χ2n) is 7.25. The first-order valence-corrected chi connectivity index (χ1v) is 9.77. The molecule has 0 spiro atoms. The smallest absolute Gasteiger partial charge is 0.123 e. The van der Waals surface area contributed by atoms with Crippen molar-refractivity contribution in [1.29, 1.82) is 0 Å². The predicted octanol–water partition coefficient (Wildman–Crippen LogP) is 4.08. The van der Waals surface area contributed by atoms with Gasteiger partial charge in [0.2, 0.25) is 0 Å². The number of likely N-dealkylation sites (N-methyl/N-ethyl adjacent to an activating group) is 1. The van der Waals surface area contributed by atoms with Crippen molar-refractivity contribution >= 4 is 0 Å². The maximum absolute atomic E-state index is 13.9. The molecule has 0 aliphatic carbocycles. The molecule has 0 atom stereocenters. The number of benzene rings is 2. The summed E-state index contributed by atoms with van der Waals surface area (Å²) in [6.45, 7) is 1.57. The van der Waals surface area contributed by atoms with Gasteiger partial charge in [-0.15, -0.1) is 0 Å². The minimum absolute atomic E-state index is 0.272. The molecule has 0 saturated carbocycles. The van der Waals surface area contributed by atoms with Crippen LogP contribution in [-0.4, -0.2) is 45.6 Å². The zero-order valence-electron chi connectivity index (χ0n) is 17.0. The lowest BCUT2D eigenvalue weighted by Crippen LogP contribution is -2.20. The second kappa shape index (κ2) is 8.92. The molecule has 0 aliphatic rings. The normalized spacial score (nSPS) is 11.2. The SMILES string of the molecule is COc1ccc(-n2cc(CN(C)CCc3cn[nH]c3)c(-c3cccc(F)c3)n2)cc1. The van der Waals surface area contributed by atoms with Crippen LogP contribution in [0.15, 0.2) is 67.1 Å². The van der Waals surface area contributed by atoms with Crippen molar-refractivity contribution in [2.45, 2.75) is 13.0 Å². The third kappa shape index (κ3) is 4.58. The van der Waals surface area contributed by atoms with E-state index in [2.05, 4.69) is 22.1 Å². The van der Waals surface area contributed by atoms with E-state index in [4.69, 9.17) is 9.84 Å². The molecule has 0 unspecified atom stereocenters. The van der Waals surface area contributed by atoms with Crippen molar-refractivity contribution in [2.24, 2.45) is 0 Å². The highest BCUT2D eigenvalue weighted by Gasteiger charge is 2.15. The molecule has 4 aromatic rings. The molecule has 0 amide bonds. The Hall–Kier alpha value is -3.45. The number of hydrogen-bond acceptors (Lipinski definition) is 4. The van der Waals surface area contributed by atoms with Gasteiger partial charge in [0, 0.05) is 36.6 Å². The number of aromatic amines is 1. The maximum atomic E-state index is 13.9.